The summed E-state index contributed by atoms with van der Waals surface area (Å²) in [4.78, 5) is 29.5. The second kappa shape index (κ2) is 9.28. The first-order valence-electron chi connectivity index (χ1n) is 7.27. The third kappa shape index (κ3) is 6.92. The van der Waals surface area contributed by atoms with Crippen LogP contribution in [-0.4, -0.2) is 34.9 Å². The van der Waals surface area contributed by atoms with E-state index in [4.69, 9.17) is 30.9 Å². The van der Waals surface area contributed by atoms with E-state index >= 15 is 0 Å². The van der Waals surface area contributed by atoms with Crippen LogP contribution >= 0.6 is 19.2 Å². The summed E-state index contributed by atoms with van der Waals surface area (Å²) in [7, 11) is -2.81. The van der Waals surface area contributed by atoms with Crippen molar-refractivity contribution in [1.29, 1.82) is 0 Å². The summed E-state index contributed by atoms with van der Waals surface area (Å²) < 4.78 is 21.8. The molecule has 2 N–H and O–H groups in total. The maximum atomic E-state index is 11.2. The number of unbranched alkanes of at least 4 members (excludes halogenated alkanes) is 2. The van der Waals surface area contributed by atoms with E-state index in [1.807, 2.05) is 0 Å². The van der Waals surface area contributed by atoms with Crippen molar-refractivity contribution in [3.63, 3.8) is 0 Å². The molecule has 1 aromatic rings. The van der Waals surface area contributed by atoms with Crippen LogP contribution in [-0.2, 0) is 9.36 Å². The van der Waals surface area contributed by atoms with Crippen molar-refractivity contribution in [1.82, 2.24) is 0 Å². The zero-order chi connectivity index (χ0) is 17.5. The molecule has 1 aromatic carbocycles. The van der Waals surface area contributed by atoms with Gasteiger partial charge in [0.1, 0.15) is 22.9 Å². The number of carbonyl (C=O) groups excluding carboxylic acids is 1. The third-order valence-electron chi connectivity index (χ3n) is 3.39. The van der Waals surface area contributed by atoms with Crippen LogP contribution in [0.3, 0.4) is 0 Å². The highest BCUT2D eigenvalue weighted by Crippen LogP contribution is 2.44. The molecule has 0 bridgehead atoms. The van der Waals surface area contributed by atoms with Gasteiger partial charge >= 0.3 is 7.60 Å². The van der Waals surface area contributed by atoms with Crippen LogP contribution in [0.4, 0.5) is 0 Å². The Hall–Kier alpha value is -1.07. The van der Waals surface area contributed by atoms with E-state index in [-0.39, 0.29) is 6.42 Å². The average Bonchev–Trinajstić information content (AvgIpc) is 2.45. The highest BCUT2D eigenvalue weighted by molar-refractivity contribution is 7.53. The van der Waals surface area contributed by atoms with Gasteiger partial charge < -0.3 is 19.3 Å². The molecular weight excluding hydrogens is 343 g/mol. The fraction of sp³-hybridized carbons (Fsp3) is 0.533. The Bertz CT molecular complexity index is 571. The van der Waals surface area contributed by atoms with Gasteiger partial charge in [-0.1, -0.05) is 24.4 Å². The summed E-state index contributed by atoms with van der Waals surface area (Å²) >= 11 is 6.05. The first-order valence-corrected chi connectivity index (χ1v) is 9.33. The summed E-state index contributed by atoms with van der Waals surface area (Å²) in [6, 6.07) is 5.13. The molecule has 23 heavy (non-hydrogen) atoms. The number of benzene rings is 1. The minimum absolute atomic E-state index is 0.183. The highest BCUT2D eigenvalue weighted by atomic mass is 35.5. The molecule has 0 aromatic heterocycles. The number of carbonyl (C=O) groups is 1. The number of hydrogen-bond acceptors (Lipinski definition) is 4. The van der Waals surface area contributed by atoms with Gasteiger partial charge in [0.15, 0.2) is 0 Å². The Balaban J connectivity index is 2.30. The van der Waals surface area contributed by atoms with Crippen LogP contribution in [0.1, 0.15) is 32.6 Å². The summed E-state index contributed by atoms with van der Waals surface area (Å²) in [6.07, 6.45) is 2.14. The first kappa shape index (κ1) is 20.0. The van der Waals surface area contributed by atoms with Crippen LogP contribution in [0, 0.1) is 0 Å². The standard InChI is InChI=1S/C15H22ClO6P/c1-11(17)15(23(18,19)20)6-4-3-5-9-22-14-8-7-12(21-2)10-13(14)16/h7-8,10,15H,3-6,9H2,1-2H3,(H2,18,19,20). The number of methoxy groups -OCH3 is 1. The summed E-state index contributed by atoms with van der Waals surface area (Å²) in [5, 5.41) is 0.461. The molecule has 0 saturated heterocycles. The lowest BCUT2D eigenvalue weighted by molar-refractivity contribution is -0.117. The molecule has 6 nitrogen and oxygen atoms in total. The number of ketones is 1. The van der Waals surface area contributed by atoms with E-state index in [0.717, 1.165) is 0 Å². The minimum Gasteiger partial charge on any atom is -0.497 e. The SMILES string of the molecule is COc1ccc(OCCCCCC(C(C)=O)P(=O)(O)O)c(Cl)c1. The Labute approximate surface area is 140 Å². The molecule has 0 aliphatic carbocycles. The maximum absolute atomic E-state index is 11.2. The summed E-state index contributed by atoms with van der Waals surface area (Å²) in [6.45, 7) is 1.64. The molecule has 0 aliphatic heterocycles. The molecule has 0 fully saturated rings. The van der Waals surface area contributed by atoms with Crippen molar-refractivity contribution in [2.24, 2.45) is 0 Å². The van der Waals surface area contributed by atoms with Gasteiger partial charge in [0, 0.05) is 6.07 Å². The van der Waals surface area contributed by atoms with Gasteiger partial charge in [-0.05, 0) is 31.9 Å². The molecule has 1 unspecified atom stereocenters. The average molecular weight is 365 g/mol. The van der Waals surface area contributed by atoms with Gasteiger partial charge in [-0.25, -0.2) is 0 Å². The van der Waals surface area contributed by atoms with Crippen LogP contribution < -0.4 is 9.47 Å². The topological polar surface area (TPSA) is 93.1 Å². The smallest absolute Gasteiger partial charge is 0.335 e. The lowest BCUT2D eigenvalue weighted by Gasteiger charge is -2.15. The second-order valence-corrected chi connectivity index (χ2v) is 7.42. The van der Waals surface area contributed by atoms with Crippen molar-refractivity contribution in [3.05, 3.63) is 23.2 Å². The number of Topliss-reactive ketones (excluding diaryl/α,β-unsaturated/α-hetero) is 1. The highest BCUT2D eigenvalue weighted by Gasteiger charge is 2.31. The second-order valence-electron chi connectivity index (χ2n) is 5.21. The molecule has 1 atom stereocenters. The van der Waals surface area contributed by atoms with Crippen molar-refractivity contribution < 1.29 is 28.6 Å². The minimum atomic E-state index is -4.36. The van der Waals surface area contributed by atoms with Gasteiger partial charge in [-0.15, -0.1) is 0 Å². The van der Waals surface area contributed by atoms with Crippen molar-refractivity contribution in [2.45, 2.75) is 38.3 Å². The van der Waals surface area contributed by atoms with Gasteiger partial charge in [-0.3, -0.25) is 9.36 Å². The Morgan fingerprint density at radius 2 is 2.00 bits per heavy atom. The molecular formula is C15H22ClO6P. The fourth-order valence-corrected chi connectivity index (χ4v) is 3.35. The van der Waals surface area contributed by atoms with Crippen molar-refractivity contribution in [3.8, 4) is 11.5 Å². The van der Waals surface area contributed by atoms with Crippen LogP contribution in [0.25, 0.3) is 0 Å². The Morgan fingerprint density at radius 3 is 2.52 bits per heavy atom. The molecule has 130 valence electrons. The first-order chi connectivity index (χ1) is 10.8. The van der Waals surface area contributed by atoms with Gasteiger partial charge in [0.25, 0.3) is 0 Å². The number of rotatable bonds is 10. The molecule has 0 radical (unpaired) electrons. The van der Waals surface area contributed by atoms with E-state index in [0.29, 0.717) is 42.4 Å². The predicted octanol–water partition coefficient (Wildman–Crippen LogP) is 3.42. The summed E-state index contributed by atoms with van der Waals surface area (Å²) in [5.74, 6) is 0.735. The zero-order valence-corrected chi connectivity index (χ0v) is 14.8. The van der Waals surface area contributed by atoms with Crippen molar-refractivity contribution >= 4 is 25.0 Å². The Morgan fingerprint density at radius 1 is 1.30 bits per heavy atom. The van der Waals surface area contributed by atoms with E-state index in [1.165, 1.54) is 6.92 Å². The number of ether oxygens (including phenoxy) is 2. The van der Waals surface area contributed by atoms with E-state index in [1.54, 1.807) is 25.3 Å². The van der Waals surface area contributed by atoms with Gasteiger partial charge in [0.2, 0.25) is 0 Å². The predicted molar refractivity (Wildman–Crippen MR) is 88.5 cm³/mol. The third-order valence-corrected chi connectivity index (χ3v) is 5.12. The molecule has 8 heteroatoms. The molecule has 1 rings (SSSR count). The van der Waals surface area contributed by atoms with Crippen molar-refractivity contribution in [2.75, 3.05) is 13.7 Å². The molecule has 0 saturated carbocycles. The quantitative estimate of drug-likeness (QED) is 0.488. The molecule has 0 heterocycles. The maximum Gasteiger partial charge on any atom is 0.335 e. The zero-order valence-electron chi connectivity index (χ0n) is 13.2. The van der Waals surface area contributed by atoms with E-state index in [9.17, 15) is 9.36 Å². The van der Waals surface area contributed by atoms with Crippen LogP contribution in [0.5, 0.6) is 11.5 Å². The number of halogens is 1. The lowest BCUT2D eigenvalue weighted by Crippen LogP contribution is -2.18. The monoisotopic (exact) mass is 364 g/mol. The van der Waals surface area contributed by atoms with Crippen LogP contribution in [0.15, 0.2) is 18.2 Å². The molecule has 0 amide bonds. The van der Waals surface area contributed by atoms with E-state index in [2.05, 4.69) is 0 Å². The normalized spacial score (nSPS) is 12.7. The van der Waals surface area contributed by atoms with Gasteiger partial charge in [-0.2, -0.15) is 0 Å². The number of hydrogen-bond donors (Lipinski definition) is 2. The largest absolute Gasteiger partial charge is 0.497 e. The fourth-order valence-electron chi connectivity index (χ4n) is 2.13. The van der Waals surface area contributed by atoms with Crippen LogP contribution in [0.2, 0.25) is 5.02 Å². The summed E-state index contributed by atoms with van der Waals surface area (Å²) in [5.41, 5.74) is -1.19. The van der Waals surface area contributed by atoms with Gasteiger partial charge in [0.05, 0.1) is 18.7 Å². The Kier molecular flexibility index (Phi) is 8.06. The molecule has 0 spiro atoms. The van der Waals surface area contributed by atoms with E-state index < -0.39 is 19.0 Å². The lowest BCUT2D eigenvalue weighted by atomic mass is 10.1. The molecule has 0 aliphatic rings.